The molecule has 0 spiro atoms. The van der Waals surface area contributed by atoms with E-state index in [-0.39, 0.29) is 12.3 Å². The van der Waals surface area contributed by atoms with Gasteiger partial charge in [0.2, 0.25) is 5.91 Å². The third-order valence-electron chi connectivity index (χ3n) is 3.58. The summed E-state index contributed by atoms with van der Waals surface area (Å²) in [7, 11) is -4.55. The van der Waals surface area contributed by atoms with Crippen LogP contribution in [0.15, 0.2) is 12.7 Å². The molecule has 0 aliphatic heterocycles. The smallest absolute Gasteiger partial charge is 0.339 e. The van der Waals surface area contributed by atoms with Gasteiger partial charge in [-0.3, -0.25) is 14.2 Å². The van der Waals surface area contributed by atoms with Crippen LogP contribution in [-0.2, 0) is 14.2 Å². The van der Waals surface area contributed by atoms with Crippen LogP contribution in [0.25, 0.3) is 0 Å². The van der Waals surface area contributed by atoms with E-state index >= 15 is 0 Å². The fourth-order valence-electron chi connectivity index (χ4n) is 2.24. The number of carbonyl (C=O) groups excluding carboxylic acids is 1. The molecule has 0 rings (SSSR count). The highest BCUT2D eigenvalue weighted by molar-refractivity contribution is 7.53. The van der Waals surface area contributed by atoms with Crippen molar-refractivity contribution in [2.24, 2.45) is 0 Å². The lowest BCUT2D eigenvalue weighted by atomic mass is 10.1. The lowest BCUT2D eigenvalue weighted by molar-refractivity contribution is -0.137. The van der Waals surface area contributed by atoms with Gasteiger partial charge in [0.25, 0.3) is 0 Å². The Morgan fingerprint density at radius 3 is 1.91 bits per heavy atom. The van der Waals surface area contributed by atoms with Crippen LogP contribution in [0.5, 0.6) is 0 Å². The average molecular weight is 349 g/mol. The number of rotatable bonds is 14. The largest absolute Gasteiger partial charge is 0.481 e. The molecule has 0 heterocycles. The molecule has 0 aliphatic rings. The van der Waals surface area contributed by atoms with Crippen LogP contribution in [-0.4, -0.2) is 39.0 Å². The van der Waals surface area contributed by atoms with Gasteiger partial charge in [0.05, 0.1) is 0 Å². The van der Waals surface area contributed by atoms with Crippen molar-refractivity contribution in [2.45, 2.75) is 63.4 Å². The number of unbranched alkanes of at least 4 members (excludes halogenated alkanes) is 7. The van der Waals surface area contributed by atoms with Crippen LogP contribution in [0.1, 0.15) is 57.8 Å². The average Bonchev–Trinajstić information content (AvgIpc) is 2.46. The molecule has 7 nitrogen and oxygen atoms in total. The quantitative estimate of drug-likeness (QED) is 0.217. The summed E-state index contributed by atoms with van der Waals surface area (Å²) < 4.78 is 11.0. The Morgan fingerprint density at radius 1 is 1.00 bits per heavy atom. The number of carboxylic acids is 1. The molecular weight excluding hydrogens is 321 g/mol. The summed E-state index contributed by atoms with van der Waals surface area (Å²) in [6, 6.07) is 0. The molecule has 0 aromatic rings. The zero-order chi connectivity index (χ0) is 17.7. The van der Waals surface area contributed by atoms with Gasteiger partial charge in [0, 0.05) is 6.54 Å². The predicted octanol–water partition coefficient (Wildman–Crippen LogP) is 2.43. The summed E-state index contributed by atoms with van der Waals surface area (Å²) >= 11 is 0. The fourth-order valence-corrected chi connectivity index (χ4v) is 3.05. The fraction of sp³-hybridized carbons (Fsp3) is 0.733. The molecule has 0 bridgehead atoms. The monoisotopic (exact) mass is 349 g/mol. The molecule has 0 aromatic carbocycles. The number of hydrogen-bond donors (Lipinski definition) is 4. The van der Waals surface area contributed by atoms with Gasteiger partial charge in [0.15, 0.2) is 5.66 Å². The standard InChI is InChI=1S/C15H28NO6P/c1-2-14(17)16-12-10-8-6-4-3-5-7-9-11-13(15(18)19)23(20,21)22/h2,13H,1,3-12H2,(H,16,17)(H,18,19)(H2,20,21,22). The Morgan fingerprint density at radius 2 is 1.48 bits per heavy atom. The molecule has 134 valence electrons. The Kier molecular flexibility index (Phi) is 11.7. The van der Waals surface area contributed by atoms with Crippen molar-refractivity contribution >= 4 is 19.5 Å². The molecule has 0 radical (unpaired) electrons. The molecule has 0 aliphatic carbocycles. The number of aliphatic carboxylic acids is 1. The van der Waals surface area contributed by atoms with Gasteiger partial charge in [-0.2, -0.15) is 0 Å². The van der Waals surface area contributed by atoms with Crippen LogP contribution in [0.3, 0.4) is 0 Å². The van der Waals surface area contributed by atoms with E-state index in [2.05, 4.69) is 11.9 Å². The molecule has 0 saturated heterocycles. The Balaban J connectivity index is 3.49. The second-order valence-corrected chi connectivity index (χ2v) is 7.36. The maximum absolute atomic E-state index is 11.0. The zero-order valence-corrected chi connectivity index (χ0v) is 14.3. The van der Waals surface area contributed by atoms with Crippen LogP contribution >= 0.6 is 7.60 Å². The molecule has 0 saturated carbocycles. The van der Waals surface area contributed by atoms with Gasteiger partial charge < -0.3 is 20.2 Å². The number of hydrogen-bond acceptors (Lipinski definition) is 3. The van der Waals surface area contributed by atoms with E-state index in [4.69, 9.17) is 14.9 Å². The second-order valence-electron chi connectivity index (χ2n) is 5.56. The number of nitrogens with one attached hydrogen (secondary N) is 1. The molecule has 0 fully saturated rings. The van der Waals surface area contributed by atoms with Crippen LogP contribution in [0.2, 0.25) is 0 Å². The summed E-state index contributed by atoms with van der Waals surface area (Å²) in [5.74, 6) is -1.58. The first kappa shape index (κ1) is 21.8. The number of amides is 1. The molecule has 1 atom stereocenters. The Labute approximate surface area is 137 Å². The molecule has 23 heavy (non-hydrogen) atoms. The third-order valence-corrected chi connectivity index (χ3v) is 4.87. The Hall–Kier alpha value is -1.17. The van der Waals surface area contributed by atoms with Crippen molar-refractivity contribution in [2.75, 3.05) is 6.54 Å². The van der Waals surface area contributed by atoms with Crippen molar-refractivity contribution in [3.8, 4) is 0 Å². The number of carboxylic acid groups (broad SMARTS) is 1. The summed E-state index contributed by atoms with van der Waals surface area (Å²) in [5.41, 5.74) is -1.58. The van der Waals surface area contributed by atoms with Crippen molar-refractivity contribution in [1.82, 2.24) is 5.32 Å². The first-order valence-electron chi connectivity index (χ1n) is 7.97. The van der Waals surface area contributed by atoms with Crippen molar-refractivity contribution in [3.63, 3.8) is 0 Å². The van der Waals surface area contributed by atoms with Crippen molar-refractivity contribution in [1.29, 1.82) is 0 Å². The first-order chi connectivity index (χ1) is 10.8. The summed E-state index contributed by atoms with van der Waals surface area (Å²) in [6.45, 7) is 4.03. The van der Waals surface area contributed by atoms with E-state index < -0.39 is 19.2 Å². The molecule has 0 aromatic heterocycles. The van der Waals surface area contributed by atoms with Gasteiger partial charge in [-0.05, 0) is 18.9 Å². The third kappa shape index (κ3) is 12.0. The number of carbonyl (C=O) groups is 2. The van der Waals surface area contributed by atoms with Gasteiger partial charge in [0.1, 0.15) is 0 Å². The van der Waals surface area contributed by atoms with Gasteiger partial charge in [-0.15, -0.1) is 0 Å². The molecule has 1 unspecified atom stereocenters. The normalized spacial score (nSPS) is 12.6. The lowest BCUT2D eigenvalue weighted by Crippen LogP contribution is -2.21. The van der Waals surface area contributed by atoms with Gasteiger partial charge in [-0.25, -0.2) is 0 Å². The van der Waals surface area contributed by atoms with Gasteiger partial charge in [-0.1, -0.05) is 51.5 Å². The van der Waals surface area contributed by atoms with Crippen LogP contribution in [0.4, 0.5) is 0 Å². The van der Waals surface area contributed by atoms with E-state index in [0.717, 1.165) is 44.9 Å². The second kappa shape index (κ2) is 12.3. The maximum Gasteiger partial charge on any atom is 0.339 e. The summed E-state index contributed by atoms with van der Waals surface area (Å²) in [6.07, 6.45) is 8.62. The maximum atomic E-state index is 11.0. The predicted molar refractivity (Wildman–Crippen MR) is 88.2 cm³/mol. The minimum Gasteiger partial charge on any atom is -0.481 e. The van der Waals surface area contributed by atoms with Gasteiger partial charge >= 0.3 is 13.6 Å². The van der Waals surface area contributed by atoms with Crippen molar-refractivity contribution < 1.29 is 29.0 Å². The molecular formula is C15H28NO6P. The van der Waals surface area contributed by atoms with E-state index in [1.807, 2.05) is 0 Å². The minimum atomic E-state index is -4.55. The first-order valence-corrected chi connectivity index (χ1v) is 9.65. The summed E-state index contributed by atoms with van der Waals surface area (Å²) in [5, 5.41) is 11.5. The summed E-state index contributed by atoms with van der Waals surface area (Å²) in [4.78, 5) is 39.5. The Bertz CT molecular complexity index is 420. The molecule has 1 amide bonds. The van der Waals surface area contributed by atoms with Crippen LogP contribution in [0, 0.1) is 0 Å². The highest BCUT2D eigenvalue weighted by Gasteiger charge is 2.34. The zero-order valence-electron chi connectivity index (χ0n) is 13.4. The van der Waals surface area contributed by atoms with Crippen LogP contribution < -0.4 is 5.32 Å². The highest BCUT2D eigenvalue weighted by Crippen LogP contribution is 2.43. The lowest BCUT2D eigenvalue weighted by Gasteiger charge is -2.13. The van der Waals surface area contributed by atoms with E-state index in [9.17, 15) is 14.2 Å². The SMILES string of the molecule is C=CC(=O)NCCCCCCCCCCC(C(=O)O)P(=O)(O)O. The van der Waals surface area contributed by atoms with E-state index in [1.165, 1.54) is 6.08 Å². The van der Waals surface area contributed by atoms with E-state index in [0.29, 0.717) is 13.0 Å². The van der Waals surface area contributed by atoms with E-state index in [1.54, 1.807) is 0 Å². The topological polar surface area (TPSA) is 124 Å². The highest BCUT2D eigenvalue weighted by atomic mass is 31.2. The molecule has 4 N–H and O–H groups in total. The molecule has 8 heteroatoms. The minimum absolute atomic E-state index is 0.0165. The van der Waals surface area contributed by atoms with Crippen molar-refractivity contribution in [3.05, 3.63) is 12.7 Å².